The van der Waals surface area contributed by atoms with Gasteiger partial charge in [0.2, 0.25) is 21.3 Å². The molecule has 0 fully saturated rings. The molecule has 0 radical (unpaired) electrons. The molecule has 0 saturated carbocycles. The Kier molecular flexibility index (Phi) is 17.2. The Labute approximate surface area is 461 Å². The Morgan fingerprint density at radius 1 is 0.734 bits per heavy atom. The van der Waals surface area contributed by atoms with Crippen molar-refractivity contribution in [2.75, 3.05) is 54.4 Å². The van der Waals surface area contributed by atoms with E-state index >= 15 is 0 Å². The van der Waals surface area contributed by atoms with E-state index in [2.05, 4.69) is 24.8 Å². The molecule has 1 atom stereocenters. The van der Waals surface area contributed by atoms with Gasteiger partial charge in [-0.3, -0.25) is 14.4 Å². The fourth-order valence-electron chi connectivity index (χ4n) is 10.5. The lowest BCUT2D eigenvalue weighted by Crippen LogP contribution is -2.32. The maximum Gasteiger partial charge on any atom is 0.258 e. The molecule has 9 rings (SSSR count). The summed E-state index contributed by atoms with van der Waals surface area (Å²) in [7, 11) is -9.56. The highest BCUT2D eigenvalue weighted by Crippen LogP contribution is 2.44. The molecule has 0 aromatic heterocycles. The van der Waals surface area contributed by atoms with Crippen LogP contribution in [0.2, 0.25) is 0 Å². The molecular weight excluding hydrogens is 1040 g/mol. The van der Waals surface area contributed by atoms with Crippen LogP contribution < -0.4 is 35.1 Å². The number of anilines is 3. The third-order valence-electron chi connectivity index (χ3n) is 14.6. The number of rotatable bonds is 19. The largest absolute Gasteiger partial charge is 0.744 e. The van der Waals surface area contributed by atoms with E-state index in [4.69, 9.17) is 4.42 Å². The predicted octanol–water partition coefficient (Wildman–Crippen LogP) is 10.4. The van der Waals surface area contributed by atoms with Gasteiger partial charge in [0.15, 0.2) is 0 Å². The molecule has 408 valence electrons. The van der Waals surface area contributed by atoms with Gasteiger partial charge in [-0.25, -0.2) is 26.1 Å². The highest BCUT2D eigenvalue weighted by molar-refractivity contribution is 7.89. The number of unbranched alkanes of at least 4 members (excludes halogenated alkanes) is 1. The lowest BCUT2D eigenvalue weighted by molar-refractivity contribution is -0.122. The number of amides is 3. The molecule has 17 heteroatoms. The molecule has 2 heterocycles. The molecule has 6 aromatic carbocycles. The van der Waals surface area contributed by atoms with Gasteiger partial charge in [0.1, 0.15) is 34.6 Å². The van der Waals surface area contributed by atoms with E-state index in [1.807, 2.05) is 137 Å². The van der Waals surface area contributed by atoms with Gasteiger partial charge in [0, 0.05) is 95.0 Å². The van der Waals surface area contributed by atoms with Crippen LogP contribution in [0.1, 0.15) is 92.1 Å². The smallest absolute Gasteiger partial charge is 0.258 e. The second-order valence-electron chi connectivity index (χ2n) is 19.4. The summed E-state index contributed by atoms with van der Waals surface area (Å²) in [5.41, 5.74) is 7.07. The monoisotopic (exact) mass is 1100 g/mol. The topological polar surface area (TPSA) is 201 Å². The Bertz CT molecular complexity index is 3820. The van der Waals surface area contributed by atoms with E-state index < -0.39 is 29.9 Å². The summed E-state index contributed by atoms with van der Waals surface area (Å²) in [5, 5.41) is 7.55. The number of fused-ring (bicyclic) bond motifs is 3. The van der Waals surface area contributed by atoms with Crippen LogP contribution in [0.3, 0.4) is 0 Å². The van der Waals surface area contributed by atoms with Crippen molar-refractivity contribution in [3.8, 4) is 33.6 Å². The van der Waals surface area contributed by atoms with E-state index in [0.29, 0.717) is 76.2 Å². The highest BCUT2D eigenvalue weighted by atomic mass is 32.2. The van der Waals surface area contributed by atoms with Crippen molar-refractivity contribution in [3.05, 3.63) is 180 Å². The van der Waals surface area contributed by atoms with Crippen LogP contribution in [-0.4, -0.2) is 78.4 Å². The molecule has 1 aliphatic carbocycles. The van der Waals surface area contributed by atoms with Gasteiger partial charge in [-0.05, 0) is 137 Å². The fraction of sp³-hybridized carbons (Fsp3) is 0.258. The van der Waals surface area contributed by atoms with Gasteiger partial charge in [-0.1, -0.05) is 72.8 Å². The normalized spacial score (nSPS) is 13.6. The average Bonchev–Trinajstić information content (AvgIpc) is 3.64. The first-order valence-electron chi connectivity index (χ1n) is 26.8. The summed E-state index contributed by atoms with van der Waals surface area (Å²) in [5.74, 6) is -0.269. The zero-order chi connectivity index (χ0) is 55.8. The number of sulfonamides is 1. The molecule has 3 amide bonds. The number of benzene rings is 7. The average molecular weight is 1100 g/mol. The van der Waals surface area contributed by atoms with Crippen LogP contribution in [0.5, 0.6) is 0 Å². The van der Waals surface area contributed by atoms with Crippen molar-refractivity contribution < 1.29 is 40.2 Å². The molecule has 1 unspecified atom stereocenters. The number of nitrogens with one attached hydrogen (secondary N) is 3. The SMILES string of the molecule is CCN(CC)c1ccc2c(-c3ccc(S(=O)(=O)NCCCCC(=O)NC4CCCN(C(=O)c5ccc(NC(=O)c6ccccc6-c6ccccc6)cc5)c5ccccc54)cc3S(=O)(=O)[O-])c3ccc(=[N+](CC)CC)cc-3oc2c1. The molecule has 0 spiro atoms. The van der Waals surface area contributed by atoms with Crippen molar-refractivity contribution in [1.29, 1.82) is 0 Å². The first kappa shape index (κ1) is 55.8. The van der Waals surface area contributed by atoms with Crippen LogP contribution >= 0.6 is 0 Å². The Hall–Kier alpha value is -7.96. The zero-order valence-electron chi connectivity index (χ0n) is 44.7. The minimum absolute atomic E-state index is 0.0447. The van der Waals surface area contributed by atoms with Gasteiger partial charge in [-0.15, -0.1) is 0 Å². The molecule has 6 aromatic rings. The third kappa shape index (κ3) is 12.3. The number of nitrogens with zero attached hydrogens (tertiary/aromatic N) is 3. The summed E-state index contributed by atoms with van der Waals surface area (Å²) in [6.45, 7) is 11.5. The van der Waals surface area contributed by atoms with E-state index in [1.165, 1.54) is 12.1 Å². The number of hydrogen-bond donors (Lipinski definition) is 3. The predicted molar refractivity (Wildman–Crippen MR) is 310 cm³/mol. The Balaban J connectivity index is 0.845. The van der Waals surface area contributed by atoms with Crippen molar-refractivity contribution in [2.45, 2.75) is 75.6 Å². The number of para-hydroxylation sites is 1. The maximum absolute atomic E-state index is 14.1. The summed E-state index contributed by atoms with van der Waals surface area (Å²) in [6, 6.07) is 45.8. The van der Waals surface area contributed by atoms with Gasteiger partial charge >= 0.3 is 0 Å². The number of carbonyl (C=O) groups is 3. The molecule has 3 N–H and O–H groups in total. The second-order valence-corrected chi connectivity index (χ2v) is 22.5. The second kappa shape index (κ2) is 24.4. The van der Waals surface area contributed by atoms with Gasteiger partial charge in [0.25, 0.3) is 11.8 Å². The van der Waals surface area contributed by atoms with Gasteiger partial charge in [-0.2, -0.15) is 0 Å². The highest BCUT2D eigenvalue weighted by Gasteiger charge is 2.29. The van der Waals surface area contributed by atoms with Crippen molar-refractivity contribution >= 4 is 65.9 Å². The lowest BCUT2D eigenvalue weighted by Gasteiger charge is -2.24. The lowest BCUT2D eigenvalue weighted by atomic mass is 9.93. The Morgan fingerprint density at radius 3 is 2.18 bits per heavy atom. The van der Waals surface area contributed by atoms with E-state index in [9.17, 15) is 35.8 Å². The molecule has 2 aliphatic heterocycles. The molecule has 79 heavy (non-hydrogen) atoms. The van der Waals surface area contributed by atoms with Gasteiger partial charge in [0.05, 0.1) is 21.9 Å². The minimum Gasteiger partial charge on any atom is -0.744 e. The zero-order valence-corrected chi connectivity index (χ0v) is 46.3. The maximum atomic E-state index is 14.1. The van der Waals surface area contributed by atoms with Crippen LogP contribution in [0.25, 0.3) is 44.5 Å². The summed E-state index contributed by atoms with van der Waals surface area (Å²) in [6.07, 6.45) is 1.87. The van der Waals surface area contributed by atoms with Gasteiger partial charge < -0.3 is 29.4 Å². The third-order valence-corrected chi connectivity index (χ3v) is 16.9. The summed E-state index contributed by atoms with van der Waals surface area (Å²) < 4.78 is 78.2. The van der Waals surface area contributed by atoms with Crippen LogP contribution in [-0.2, 0) is 24.9 Å². The van der Waals surface area contributed by atoms with Crippen LogP contribution in [0, 0.1) is 0 Å². The quantitative estimate of drug-likeness (QED) is 0.0303. The minimum atomic E-state index is -5.24. The molecule has 3 aliphatic rings. The standard InChI is InChI=1S/C62H64N6O9S2/c1-5-66(6-2)45-31-34-51-56(39-45)77-57-40-46(67(7-3)8-4)32-35-52(57)60(51)53-36-33-47(41-58(53)79(74,75)76)78(72,73)63-37-17-16-26-59(69)65-54-24-18-38-68(55-25-15-14-23-50(54)55)62(71)43-27-29-44(30-28-43)64-61(70)49-22-13-12-21-48(49)42-19-10-9-11-20-42/h9-15,19-23,25,27-36,39-41,54,63H,5-8,16-18,24,26,37-38H2,1-4H3,(H2-,64,65,69,70,71,74,75,76). The van der Waals surface area contributed by atoms with E-state index in [1.54, 1.807) is 35.2 Å². The summed E-state index contributed by atoms with van der Waals surface area (Å²) in [4.78, 5) is 43.8. The molecule has 15 nitrogen and oxygen atoms in total. The van der Waals surface area contributed by atoms with Crippen LogP contribution in [0.4, 0.5) is 17.1 Å². The molecule has 0 bridgehead atoms. The van der Waals surface area contributed by atoms with E-state index in [-0.39, 0.29) is 48.7 Å². The van der Waals surface area contributed by atoms with Crippen LogP contribution in [0.15, 0.2) is 172 Å². The van der Waals surface area contributed by atoms with Crippen molar-refractivity contribution in [2.24, 2.45) is 0 Å². The number of carbonyl (C=O) groups excluding carboxylic acids is 3. The van der Waals surface area contributed by atoms with Crippen molar-refractivity contribution in [3.63, 3.8) is 0 Å². The first-order valence-corrected chi connectivity index (χ1v) is 29.7. The van der Waals surface area contributed by atoms with E-state index in [0.717, 1.165) is 60.0 Å². The van der Waals surface area contributed by atoms with Crippen molar-refractivity contribution in [1.82, 2.24) is 14.6 Å². The Morgan fingerprint density at radius 2 is 1.44 bits per heavy atom. The number of hydrogen-bond acceptors (Lipinski definition) is 10. The summed E-state index contributed by atoms with van der Waals surface area (Å²) >= 11 is 0. The molecular formula is C62H64N6O9S2. The first-order chi connectivity index (χ1) is 38.1. The fourth-order valence-corrected chi connectivity index (χ4v) is 12.4. The molecule has 0 saturated heterocycles.